The van der Waals surface area contributed by atoms with Crippen molar-refractivity contribution in [3.63, 3.8) is 0 Å². The summed E-state index contributed by atoms with van der Waals surface area (Å²) in [4.78, 5) is 4.03. The molecule has 0 aromatic carbocycles. The highest BCUT2D eigenvalue weighted by Gasteiger charge is 1.97. The van der Waals surface area contributed by atoms with Gasteiger partial charge in [0.1, 0.15) is 5.82 Å². The molecule has 0 bridgehead atoms. The molecule has 0 aliphatic rings. The second-order valence-electron chi connectivity index (χ2n) is 2.34. The van der Waals surface area contributed by atoms with E-state index in [0.717, 1.165) is 0 Å². The van der Waals surface area contributed by atoms with Gasteiger partial charge < -0.3 is 10.4 Å². The lowest BCUT2D eigenvalue weighted by Crippen LogP contribution is -2.05. The summed E-state index contributed by atoms with van der Waals surface area (Å²) in [5.74, 6) is 0.674. The van der Waals surface area contributed by atoms with Crippen LogP contribution in [0, 0.1) is 0 Å². The van der Waals surface area contributed by atoms with Gasteiger partial charge in [0.05, 0.1) is 5.02 Å². The van der Waals surface area contributed by atoms with E-state index in [0.29, 0.717) is 23.8 Å². The van der Waals surface area contributed by atoms with Crippen LogP contribution in [0.25, 0.3) is 0 Å². The number of aliphatic hydroxyl groups excluding tert-OH is 1. The summed E-state index contributed by atoms with van der Waals surface area (Å²) >= 11 is 5.82. The standard InChI is InChI=1S/C8H11ClN2O/c9-7-3-1-4-10-8(7)11-5-2-6-12/h1,3-4,12H,2,5-6H2,(H,10,11). The van der Waals surface area contributed by atoms with E-state index in [1.807, 2.05) is 0 Å². The molecular formula is C8H11ClN2O. The molecule has 0 saturated heterocycles. The maximum Gasteiger partial charge on any atom is 0.144 e. The smallest absolute Gasteiger partial charge is 0.144 e. The molecule has 0 radical (unpaired) electrons. The molecule has 12 heavy (non-hydrogen) atoms. The van der Waals surface area contributed by atoms with E-state index in [1.165, 1.54) is 0 Å². The Hall–Kier alpha value is -0.800. The first-order valence-electron chi connectivity index (χ1n) is 3.80. The predicted octanol–water partition coefficient (Wildman–Crippen LogP) is 1.53. The highest BCUT2D eigenvalue weighted by Crippen LogP contribution is 2.16. The molecule has 0 aliphatic heterocycles. The molecule has 0 atom stereocenters. The van der Waals surface area contributed by atoms with Crippen LogP contribution < -0.4 is 5.32 Å². The van der Waals surface area contributed by atoms with Crippen LogP contribution in [0.4, 0.5) is 5.82 Å². The van der Waals surface area contributed by atoms with Crippen molar-refractivity contribution in [2.75, 3.05) is 18.5 Å². The number of anilines is 1. The summed E-state index contributed by atoms with van der Waals surface area (Å²) in [7, 11) is 0. The van der Waals surface area contributed by atoms with Gasteiger partial charge in [-0.1, -0.05) is 11.6 Å². The quantitative estimate of drug-likeness (QED) is 0.701. The zero-order valence-electron chi connectivity index (χ0n) is 6.63. The topological polar surface area (TPSA) is 45.1 Å². The Morgan fingerprint density at radius 1 is 1.58 bits per heavy atom. The Labute approximate surface area is 76.4 Å². The van der Waals surface area contributed by atoms with Gasteiger partial charge in [0.2, 0.25) is 0 Å². The first kappa shape index (κ1) is 9.29. The van der Waals surface area contributed by atoms with Gasteiger partial charge in [-0.15, -0.1) is 0 Å². The van der Waals surface area contributed by atoms with Crippen molar-refractivity contribution in [2.45, 2.75) is 6.42 Å². The van der Waals surface area contributed by atoms with Crippen molar-refractivity contribution in [1.29, 1.82) is 0 Å². The maximum atomic E-state index is 8.52. The van der Waals surface area contributed by atoms with Gasteiger partial charge >= 0.3 is 0 Å². The molecule has 2 N–H and O–H groups in total. The summed E-state index contributed by atoms with van der Waals surface area (Å²) in [5, 5.41) is 12.1. The van der Waals surface area contributed by atoms with Crippen LogP contribution in [-0.2, 0) is 0 Å². The average molecular weight is 187 g/mol. The van der Waals surface area contributed by atoms with Crippen LogP contribution in [0.3, 0.4) is 0 Å². The van der Waals surface area contributed by atoms with Crippen LogP contribution >= 0.6 is 11.6 Å². The summed E-state index contributed by atoms with van der Waals surface area (Å²) in [6, 6.07) is 3.55. The molecule has 0 unspecified atom stereocenters. The predicted molar refractivity (Wildman–Crippen MR) is 49.4 cm³/mol. The Bertz CT molecular complexity index is 242. The number of hydrogen-bond donors (Lipinski definition) is 2. The Morgan fingerprint density at radius 3 is 3.08 bits per heavy atom. The lowest BCUT2D eigenvalue weighted by molar-refractivity contribution is 0.292. The molecule has 4 heteroatoms. The van der Waals surface area contributed by atoms with Crippen LogP contribution in [0.1, 0.15) is 6.42 Å². The molecule has 1 aromatic rings. The minimum Gasteiger partial charge on any atom is -0.396 e. The Kier molecular flexibility index (Phi) is 3.84. The summed E-state index contributed by atoms with van der Waals surface area (Å²) in [6.07, 6.45) is 2.38. The van der Waals surface area contributed by atoms with Gasteiger partial charge in [0.25, 0.3) is 0 Å². The third-order valence-corrected chi connectivity index (χ3v) is 1.69. The second kappa shape index (κ2) is 4.95. The number of halogens is 1. The van der Waals surface area contributed by atoms with Crippen molar-refractivity contribution in [2.24, 2.45) is 0 Å². The fraction of sp³-hybridized carbons (Fsp3) is 0.375. The Morgan fingerprint density at radius 2 is 2.42 bits per heavy atom. The van der Waals surface area contributed by atoms with Gasteiger partial charge in [-0.2, -0.15) is 0 Å². The number of pyridine rings is 1. The largest absolute Gasteiger partial charge is 0.396 e. The third-order valence-electron chi connectivity index (χ3n) is 1.39. The minimum absolute atomic E-state index is 0.178. The van der Waals surface area contributed by atoms with Crippen LogP contribution in [0.2, 0.25) is 5.02 Å². The van der Waals surface area contributed by atoms with E-state index in [2.05, 4.69) is 10.3 Å². The van der Waals surface area contributed by atoms with Crippen molar-refractivity contribution < 1.29 is 5.11 Å². The number of hydrogen-bond acceptors (Lipinski definition) is 3. The SMILES string of the molecule is OCCCNc1ncccc1Cl. The highest BCUT2D eigenvalue weighted by atomic mass is 35.5. The molecule has 0 aliphatic carbocycles. The van der Waals surface area contributed by atoms with E-state index in [4.69, 9.17) is 16.7 Å². The zero-order chi connectivity index (χ0) is 8.81. The number of aliphatic hydroxyl groups is 1. The van der Waals surface area contributed by atoms with Gasteiger partial charge in [0.15, 0.2) is 0 Å². The van der Waals surface area contributed by atoms with Crippen LogP contribution in [0.15, 0.2) is 18.3 Å². The molecular weight excluding hydrogens is 176 g/mol. The first-order chi connectivity index (χ1) is 5.84. The van der Waals surface area contributed by atoms with E-state index >= 15 is 0 Å². The fourth-order valence-electron chi connectivity index (χ4n) is 0.802. The van der Waals surface area contributed by atoms with Crippen molar-refractivity contribution in [1.82, 2.24) is 4.98 Å². The normalized spacial score (nSPS) is 9.83. The van der Waals surface area contributed by atoms with Crippen molar-refractivity contribution >= 4 is 17.4 Å². The molecule has 1 heterocycles. The first-order valence-corrected chi connectivity index (χ1v) is 4.17. The Balaban J connectivity index is 2.46. The number of rotatable bonds is 4. The summed E-state index contributed by atoms with van der Waals surface area (Å²) < 4.78 is 0. The second-order valence-corrected chi connectivity index (χ2v) is 2.74. The molecule has 0 saturated carbocycles. The van der Waals surface area contributed by atoms with E-state index in [1.54, 1.807) is 18.3 Å². The average Bonchev–Trinajstić information content (AvgIpc) is 2.09. The highest BCUT2D eigenvalue weighted by molar-refractivity contribution is 6.32. The lowest BCUT2D eigenvalue weighted by Gasteiger charge is -2.04. The monoisotopic (exact) mass is 186 g/mol. The van der Waals surface area contributed by atoms with E-state index < -0.39 is 0 Å². The van der Waals surface area contributed by atoms with Gasteiger partial charge in [-0.05, 0) is 18.6 Å². The van der Waals surface area contributed by atoms with E-state index in [-0.39, 0.29) is 6.61 Å². The van der Waals surface area contributed by atoms with E-state index in [9.17, 15) is 0 Å². The maximum absolute atomic E-state index is 8.52. The molecule has 0 amide bonds. The fourth-order valence-corrected chi connectivity index (χ4v) is 0.990. The molecule has 3 nitrogen and oxygen atoms in total. The molecule has 66 valence electrons. The van der Waals surface area contributed by atoms with Crippen LogP contribution in [0.5, 0.6) is 0 Å². The number of aromatic nitrogens is 1. The summed E-state index contributed by atoms with van der Waals surface area (Å²) in [6.45, 7) is 0.866. The summed E-state index contributed by atoms with van der Waals surface area (Å²) in [5.41, 5.74) is 0. The van der Waals surface area contributed by atoms with Crippen molar-refractivity contribution in [3.05, 3.63) is 23.4 Å². The van der Waals surface area contributed by atoms with Gasteiger partial charge in [-0.3, -0.25) is 0 Å². The molecule has 1 aromatic heterocycles. The third kappa shape index (κ3) is 2.68. The molecule has 1 rings (SSSR count). The van der Waals surface area contributed by atoms with Gasteiger partial charge in [-0.25, -0.2) is 4.98 Å². The minimum atomic E-state index is 0.178. The number of nitrogens with one attached hydrogen (secondary N) is 1. The molecule has 0 fully saturated rings. The number of nitrogens with zero attached hydrogens (tertiary/aromatic N) is 1. The van der Waals surface area contributed by atoms with Crippen molar-refractivity contribution in [3.8, 4) is 0 Å². The molecule has 0 spiro atoms. The van der Waals surface area contributed by atoms with Crippen LogP contribution in [-0.4, -0.2) is 23.2 Å². The van der Waals surface area contributed by atoms with Gasteiger partial charge in [0, 0.05) is 19.3 Å². The zero-order valence-corrected chi connectivity index (χ0v) is 7.38. The lowest BCUT2D eigenvalue weighted by atomic mass is 10.4.